The van der Waals surface area contributed by atoms with Gasteiger partial charge in [0.2, 0.25) is 0 Å². The zero-order valence-electron chi connectivity index (χ0n) is 9.65. The van der Waals surface area contributed by atoms with Gasteiger partial charge < -0.3 is 4.74 Å². The van der Waals surface area contributed by atoms with E-state index in [1.165, 1.54) is 18.2 Å². The van der Waals surface area contributed by atoms with Crippen LogP contribution in [0.25, 0.3) is 0 Å². The van der Waals surface area contributed by atoms with Gasteiger partial charge in [-0.2, -0.15) is 0 Å². The highest BCUT2D eigenvalue weighted by Gasteiger charge is 2.04. The molecule has 0 aliphatic heterocycles. The number of halogens is 2. The summed E-state index contributed by atoms with van der Waals surface area (Å²) in [6, 6.07) is 10.6. The molecule has 19 heavy (non-hydrogen) atoms. The Morgan fingerprint density at radius 3 is 2.32 bits per heavy atom. The molecule has 0 atom stereocenters. The summed E-state index contributed by atoms with van der Waals surface area (Å²) >= 11 is 5.65. The molecule has 0 bridgehead atoms. The first-order chi connectivity index (χ1) is 9.10. The third-order valence-electron chi connectivity index (χ3n) is 2.37. The van der Waals surface area contributed by atoms with Crippen LogP contribution in [-0.4, -0.2) is 5.84 Å². The van der Waals surface area contributed by atoms with Crippen molar-refractivity contribution in [3.05, 3.63) is 58.9 Å². The van der Waals surface area contributed by atoms with Crippen LogP contribution < -0.4 is 4.74 Å². The van der Waals surface area contributed by atoms with E-state index in [1.54, 1.807) is 24.3 Å². The van der Waals surface area contributed by atoms with Crippen LogP contribution in [0, 0.1) is 16.8 Å². The molecular weight excluding hydrogens is 269 g/mol. The van der Waals surface area contributed by atoms with Crippen molar-refractivity contribution in [3.8, 4) is 11.5 Å². The molecule has 0 fully saturated rings. The van der Waals surface area contributed by atoms with Gasteiger partial charge in [0.25, 0.3) is 0 Å². The zero-order chi connectivity index (χ0) is 13.8. The van der Waals surface area contributed by atoms with Gasteiger partial charge in [-0.25, -0.2) is 9.92 Å². The molecule has 2 aromatic rings. The van der Waals surface area contributed by atoms with Gasteiger partial charge in [-0.15, -0.1) is 5.11 Å². The van der Waals surface area contributed by atoms with E-state index in [9.17, 15) is 4.39 Å². The minimum atomic E-state index is -0.505. The smallest absolute Gasteiger partial charge is 0.173 e. The zero-order valence-corrected chi connectivity index (χ0v) is 10.4. The van der Waals surface area contributed by atoms with Gasteiger partial charge in [0.05, 0.1) is 5.02 Å². The van der Waals surface area contributed by atoms with E-state index >= 15 is 0 Å². The maximum atomic E-state index is 13.0. The molecule has 0 unspecified atom stereocenters. The first-order valence-electron chi connectivity index (χ1n) is 5.29. The topological polar surface area (TPSA) is 69.3 Å². The molecule has 0 saturated carbocycles. The molecule has 96 valence electrons. The summed E-state index contributed by atoms with van der Waals surface area (Å²) in [6.45, 7) is 0. The second-order valence-electron chi connectivity index (χ2n) is 3.66. The van der Waals surface area contributed by atoms with Gasteiger partial charge in [-0.1, -0.05) is 11.6 Å². The number of nitrogens with zero attached hydrogens (tertiary/aromatic N) is 1. The molecule has 2 N–H and O–H groups in total. The molecule has 0 aliphatic rings. The standard InChI is InChI=1S/C13H9ClFN3O/c14-11-7-10(5-6-12(11)15)19-9-3-1-8(2-4-9)13(16)18-17/h1-7,16-17H. The predicted octanol–water partition coefficient (Wildman–Crippen LogP) is 4.63. The van der Waals surface area contributed by atoms with Gasteiger partial charge in [-0.05, 0) is 36.4 Å². The summed E-state index contributed by atoms with van der Waals surface area (Å²) in [5.41, 5.74) is 7.26. The highest BCUT2D eigenvalue weighted by molar-refractivity contribution is 6.30. The van der Waals surface area contributed by atoms with Crippen LogP contribution >= 0.6 is 11.6 Å². The van der Waals surface area contributed by atoms with Crippen molar-refractivity contribution >= 4 is 17.4 Å². The fraction of sp³-hybridized carbons (Fsp3) is 0. The molecular formula is C13H9ClFN3O. The maximum Gasteiger partial charge on any atom is 0.173 e. The Balaban J connectivity index is 2.17. The Labute approximate surface area is 113 Å². The Bertz CT molecular complexity index is 628. The Morgan fingerprint density at radius 1 is 1.11 bits per heavy atom. The van der Waals surface area contributed by atoms with Crippen LogP contribution in [0.5, 0.6) is 11.5 Å². The van der Waals surface area contributed by atoms with Crippen molar-refractivity contribution in [1.29, 1.82) is 10.9 Å². The lowest BCUT2D eigenvalue weighted by atomic mass is 10.2. The first-order valence-corrected chi connectivity index (χ1v) is 5.67. The van der Waals surface area contributed by atoms with Crippen LogP contribution in [-0.2, 0) is 0 Å². The van der Waals surface area contributed by atoms with Gasteiger partial charge in [0.1, 0.15) is 17.3 Å². The normalized spacial score (nSPS) is 10.0. The van der Waals surface area contributed by atoms with Crippen molar-refractivity contribution in [2.24, 2.45) is 5.11 Å². The van der Waals surface area contributed by atoms with E-state index in [0.29, 0.717) is 17.1 Å². The number of ether oxygens (including phenoxy) is 1. The highest BCUT2D eigenvalue weighted by atomic mass is 35.5. The quantitative estimate of drug-likeness (QED) is 0.479. The largest absolute Gasteiger partial charge is 0.457 e. The van der Waals surface area contributed by atoms with Crippen LogP contribution in [0.1, 0.15) is 5.56 Å². The second kappa shape index (κ2) is 5.58. The van der Waals surface area contributed by atoms with E-state index < -0.39 is 5.82 Å². The molecule has 0 saturated heterocycles. The molecule has 4 nitrogen and oxygen atoms in total. The second-order valence-corrected chi connectivity index (χ2v) is 4.07. The van der Waals surface area contributed by atoms with Crippen LogP contribution in [0.15, 0.2) is 47.6 Å². The monoisotopic (exact) mass is 277 g/mol. The van der Waals surface area contributed by atoms with Crippen molar-refractivity contribution in [2.75, 3.05) is 0 Å². The van der Waals surface area contributed by atoms with Crippen molar-refractivity contribution in [2.45, 2.75) is 0 Å². The predicted molar refractivity (Wildman–Crippen MR) is 69.9 cm³/mol. The molecule has 2 aromatic carbocycles. The Hall–Kier alpha value is -2.27. The van der Waals surface area contributed by atoms with E-state index in [-0.39, 0.29) is 10.9 Å². The Morgan fingerprint density at radius 2 is 1.74 bits per heavy atom. The van der Waals surface area contributed by atoms with Gasteiger partial charge >= 0.3 is 0 Å². The third kappa shape index (κ3) is 3.14. The average Bonchev–Trinajstić information content (AvgIpc) is 2.43. The van der Waals surface area contributed by atoms with E-state index in [4.69, 9.17) is 27.3 Å². The van der Waals surface area contributed by atoms with Gasteiger partial charge in [0, 0.05) is 11.6 Å². The summed E-state index contributed by atoms with van der Waals surface area (Å²) in [5.74, 6) is 0.301. The SMILES string of the molecule is N=NC(=N)c1ccc(Oc2ccc(F)c(Cl)c2)cc1. The number of hydrogen-bond acceptors (Lipinski definition) is 3. The van der Waals surface area contributed by atoms with Gasteiger partial charge in [-0.3, -0.25) is 5.41 Å². The molecule has 0 amide bonds. The van der Waals surface area contributed by atoms with Crippen LogP contribution in [0.2, 0.25) is 5.02 Å². The minimum absolute atomic E-state index is 0.0103. The summed E-state index contributed by atoms with van der Waals surface area (Å²) in [6.07, 6.45) is 0. The molecule has 2 rings (SSSR count). The number of hydrogen-bond donors (Lipinski definition) is 2. The maximum absolute atomic E-state index is 13.0. The lowest BCUT2D eigenvalue weighted by Gasteiger charge is -2.06. The fourth-order valence-electron chi connectivity index (χ4n) is 1.42. The van der Waals surface area contributed by atoms with E-state index in [0.717, 1.165) is 0 Å². The summed E-state index contributed by atoms with van der Waals surface area (Å²) < 4.78 is 18.5. The summed E-state index contributed by atoms with van der Waals surface area (Å²) in [7, 11) is 0. The molecule has 0 aromatic heterocycles. The lowest BCUT2D eigenvalue weighted by molar-refractivity contribution is 0.480. The molecule has 0 radical (unpaired) electrons. The first kappa shape index (κ1) is 13.2. The number of benzene rings is 2. The van der Waals surface area contributed by atoms with Crippen LogP contribution in [0.3, 0.4) is 0 Å². The number of amidine groups is 1. The molecule has 6 heteroatoms. The number of nitrogens with one attached hydrogen (secondary N) is 2. The average molecular weight is 278 g/mol. The number of rotatable bonds is 3. The third-order valence-corrected chi connectivity index (χ3v) is 2.66. The van der Waals surface area contributed by atoms with Crippen molar-refractivity contribution in [3.63, 3.8) is 0 Å². The summed E-state index contributed by atoms with van der Waals surface area (Å²) in [5, 5.41) is 10.4. The highest BCUT2D eigenvalue weighted by Crippen LogP contribution is 2.26. The van der Waals surface area contributed by atoms with Crippen LogP contribution in [0.4, 0.5) is 4.39 Å². The molecule has 0 aliphatic carbocycles. The fourth-order valence-corrected chi connectivity index (χ4v) is 1.59. The summed E-state index contributed by atoms with van der Waals surface area (Å²) in [4.78, 5) is 0. The van der Waals surface area contributed by atoms with E-state index in [2.05, 4.69) is 5.11 Å². The Kier molecular flexibility index (Phi) is 3.87. The van der Waals surface area contributed by atoms with E-state index in [1.807, 2.05) is 0 Å². The van der Waals surface area contributed by atoms with Gasteiger partial charge in [0.15, 0.2) is 5.84 Å². The molecule has 0 spiro atoms. The van der Waals surface area contributed by atoms with Crippen molar-refractivity contribution in [1.82, 2.24) is 0 Å². The van der Waals surface area contributed by atoms with Crippen molar-refractivity contribution < 1.29 is 9.13 Å². The molecule has 0 heterocycles. The lowest BCUT2D eigenvalue weighted by Crippen LogP contribution is -1.93. The minimum Gasteiger partial charge on any atom is -0.457 e.